The van der Waals surface area contributed by atoms with Crippen LogP contribution in [0.2, 0.25) is 30.7 Å². The standard InChI is InChI=1S/C22H24ClNOSi/c1-26(2,3)14-13-25-17-24-16-19(10-9-18-7-5-4-6-8-18)21-15-20(23)11-12-22(21)24/h4-8,11-12,15-16H,13-14,17H2,1-3H3. The van der Waals surface area contributed by atoms with E-state index in [4.69, 9.17) is 16.3 Å². The fourth-order valence-corrected chi connectivity index (χ4v) is 3.61. The van der Waals surface area contributed by atoms with E-state index in [-0.39, 0.29) is 0 Å². The summed E-state index contributed by atoms with van der Waals surface area (Å²) in [6, 6.07) is 17.1. The SMILES string of the molecule is C[Si](C)(C)CCOCn1cc(C#Cc2ccccc2)c2cc(Cl)ccc21. The van der Waals surface area contributed by atoms with E-state index in [1.54, 1.807) is 0 Å². The van der Waals surface area contributed by atoms with Crippen molar-refractivity contribution >= 4 is 30.6 Å². The summed E-state index contributed by atoms with van der Waals surface area (Å²) in [5.41, 5.74) is 3.07. The number of fused-ring (bicyclic) bond motifs is 1. The van der Waals surface area contributed by atoms with Gasteiger partial charge in [0.25, 0.3) is 0 Å². The van der Waals surface area contributed by atoms with Gasteiger partial charge >= 0.3 is 0 Å². The molecule has 134 valence electrons. The van der Waals surface area contributed by atoms with Crippen LogP contribution in [0.4, 0.5) is 0 Å². The first-order valence-electron chi connectivity index (χ1n) is 8.86. The van der Waals surface area contributed by atoms with Crippen LogP contribution in [0, 0.1) is 11.8 Å². The monoisotopic (exact) mass is 381 g/mol. The van der Waals surface area contributed by atoms with Crippen LogP contribution in [0.5, 0.6) is 0 Å². The Morgan fingerprint density at radius 2 is 1.81 bits per heavy atom. The molecule has 2 aromatic carbocycles. The average molecular weight is 382 g/mol. The molecule has 0 spiro atoms. The Bertz CT molecular complexity index is 945. The van der Waals surface area contributed by atoms with Gasteiger partial charge in [-0.1, -0.05) is 61.3 Å². The molecule has 4 heteroatoms. The van der Waals surface area contributed by atoms with Gasteiger partial charge in [0.15, 0.2) is 0 Å². The lowest BCUT2D eigenvalue weighted by molar-refractivity contribution is 0.0902. The molecular formula is C22H24ClNOSi. The maximum Gasteiger partial charge on any atom is 0.122 e. The fraction of sp³-hybridized carbons (Fsp3) is 0.273. The lowest BCUT2D eigenvalue weighted by atomic mass is 10.1. The van der Waals surface area contributed by atoms with Crippen LogP contribution in [0.1, 0.15) is 11.1 Å². The normalized spacial score (nSPS) is 11.4. The van der Waals surface area contributed by atoms with Crippen molar-refractivity contribution in [2.45, 2.75) is 32.4 Å². The lowest BCUT2D eigenvalue weighted by Crippen LogP contribution is -2.21. The largest absolute Gasteiger partial charge is 0.361 e. The van der Waals surface area contributed by atoms with Crippen LogP contribution in [0.3, 0.4) is 0 Å². The van der Waals surface area contributed by atoms with E-state index >= 15 is 0 Å². The summed E-state index contributed by atoms with van der Waals surface area (Å²) in [4.78, 5) is 0. The maximum absolute atomic E-state index is 6.21. The third kappa shape index (κ3) is 5.01. The van der Waals surface area contributed by atoms with Crippen LogP contribution in [0.25, 0.3) is 10.9 Å². The van der Waals surface area contributed by atoms with E-state index in [0.717, 1.165) is 33.7 Å². The molecule has 0 unspecified atom stereocenters. The smallest absolute Gasteiger partial charge is 0.122 e. The summed E-state index contributed by atoms with van der Waals surface area (Å²) < 4.78 is 8.04. The van der Waals surface area contributed by atoms with Crippen molar-refractivity contribution in [3.05, 3.63) is 70.9 Å². The topological polar surface area (TPSA) is 14.2 Å². The molecule has 26 heavy (non-hydrogen) atoms. The van der Waals surface area contributed by atoms with Crippen LogP contribution in [-0.2, 0) is 11.5 Å². The molecule has 0 radical (unpaired) electrons. The van der Waals surface area contributed by atoms with Crippen molar-refractivity contribution in [2.75, 3.05) is 6.61 Å². The third-order valence-electron chi connectivity index (χ3n) is 4.19. The van der Waals surface area contributed by atoms with Gasteiger partial charge in [-0.2, -0.15) is 0 Å². The number of benzene rings is 2. The molecule has 0 bridgehead atoms. The Hall–Kier alpha value is -1.99. The summed E-state index contributed by atoms with van der Waals surface area (Å²) in [5.74, 6) is 6.52. The van der Waals surface area contributed by atoms with Crippen LogP contribution < -0.4 is 0 Å². The minimum atomic E-state index is -1.08. The Labute approximate surface area is 161 Å². The summed E-state index contributed by atoms with van der Waals surface area (Å²) >= 11 is 6.21. The van der Waals surface area contributed by atoms with E-state index in [9.17, 15) is 0 Å². The van der Waals surface area contributed by atoms with Gasteiger partial charge in [-0.25, -0.2) is 0 Å². The van der Waals surface area contributed by atoms with E-state index in [2.05, 4.69) is 42.2 Å². The van der Waals surface area contributed by atoms with E-state index in [0.29, 0.717) is 6.73 Å². The molecule has 3 aromatic rings. The minimum Gasteiger partial charge on any atom is -0.361 e. The second kappa shape index (κ2) is 8.14. The molecule has 1 aromatic heterocycles. The maximum atomic E-state index is 6.21. The Kier molecular flexibility index (Phi) is 5.88. The molecule has 0 saturated heterocycles. The van der Waals surface area contributed by atoms with Crippen molar-refractivity contribution < 1.29 is 4.74 Å². The number of aromatic nitrogens is 1. The summed E-state index contributed by atoms with van der Waals surface area (Å²) in [6.07, 6.45) is 2.06. The quantitative estimate of drug-likeness (QED) is 0.300. The number of rotatable bonds is 5. The number of hydrogen-bond donors (Lipinski definition) is 0. The first-order chi connectivity index (χ1) is 12.4. The molecule has 0 aliphatic heterocycles. The first-order valence-corrected chi connectivity index (χ1v) is 12.9. The lowest BCUT2D eigenvalue weighted by Gasteiger charge is -2.15. The predicted octanol–water partition coefficient (Wildman–Crippen LogP) is 6.01. The van der Waals surface area contributed by atoms with Gasteiger partial charge in [0.1, 0.15) is 6.73 Å². The highest BCUT2D eigenvalue weighted by Crippen LogP contribution is 2.25. The average Bonchev–Trinajstić information content (AvgIpc) is 2.94. The minimum absolute atomic E-state index is 0.537. The zero-order valence-corrected chi connectivity index (χ0v) is 17.3. The highest BCUT2D eigenvalue weighted by atomic mass is 35.5. The van der Waals surface area contributed by atoms with Gasteiger partial charge in [-0.3, -0.25) is 0 Å². The van der Waals surface area contributed by atoms with E-state index in [1.807, 2.05) is 48.5 Å². The molecule has 1 heterocycles. The van der Waals surface area contributed by atoms with Crippen LogP contribution in [-0.4, -0.2) is 19.2 Å². The van der Waals surface area contributed by atoms with Gasteiger partial charge in [-0.15, -0.1) is 0 Å². The highest BCUT2D eigenvalue weighted by Gasteiger charge is 2.13. The van der Waals surface area contributed by atoms with Crippen molar-refractivity contribution in [2.24, 2.45) is 0 Å². The Morgan fingerprint density at radius 3 is 2.54 bits per heavy atom. The first kappa shape index (κ1) is 18.8. The van der Waals surface area contributed by atoms with Gasteiger partial charge < -0.3 is 9.30 Å². The van der Waals surface area contributed by atoms with Gasteiger partial charge in [0.05, 0.1) is 11.1 Å². The molecule has 0 N–H and O–H groups in total. The third-order valence-corrected chi connectivity index (χ3v) is 6.12. The zero-order chi connectivity index (χ0) is 18.6. The second-order valence-electron chi connectivity index (χ2n) is 7.64. The zero-order valence-electron chi connectivity index (χ0n) is 15.6. The van der Waals surface area contributed by atoms with Crippen molar-refractivity contribution in [3.8, 4) is 11.8 Å². The van der Waals surface area contributed by atoms with Crippen molar-refractivity contribution in [1.82, 2.24) is 4.57 Å². The molecule has 0 atom stereocenters. The van der Waals surface area contributed by atoms with Gasteiger partial charge in [-0.05, 0) is 36.4 Å². The number of ether oxygens (including phenoxy) is 1. The highest BCUT2D eigenvalue weighted by molar-refractivity contribution is 6.76. The Morgan fingerprint density at radius 1 is 1.04 bits per heavy atom. The Balaban J connectivity index is 1.85. The van der Waals surface area contributed by atoms with E-state index < -0.39 is 8.07 Å². The number of nitrogens with zero attached hydrogens (tertiary/aromatic N) is 1. The number of hydrogen-bond acceptors (Lipinski definition) is 1. The molecule has 0 aliphatic carbocycles. The van der Waals surface area contributed by atoms with Crippen LogP contribution in [0.15, 0.2) is 54.7 Å². The molecule has 0 saturated carbocycles. The summed E-state index contributed by atoms with van der Waals surface area (Å²) in [7, 11) is -1.08. The molecule has 3 rings (SSSR count). The second-order valence-corrected chi connectivity index (χ2v) is 13.7. The molecule has 0 aliphatic rings. The molecule has 2 nitrogen and oxygen atoms in total. The summed E-state index contributed by atoms with van der Waals surface area (Å²) in [5, 5.41) is 1.78. The predicted molar refractivity (Wildman–Crippen MR) is 113 cm³/mol. The van der Waals surface area contributed by atoms with E-state index in [1.165, 1.54) is 6.04 Å². The summed E-state index contributed by atoms with van der Waals surface area (Å²) in [6.45, 7) is 8.42. The molecular weight excluding hydrogens is 358 g/mol. The van der Waals surface area contributed by atoms with Crippen LogP contribution >= 0.6 is 11.6 Å². The van der Waals surface area contributed by atoms with Gasteiger partial charge in [0.2, 0.25) is 0 Å². The van der Waals surface area contributed by atoms with Gasteiger partial charge in [0, 0.05) is 36.8 Å². The van der Waals surface area contributed by atoms with Crippen molar-refractivity contribution in [3.63, 3.8) is 0 Å². The fourth-order valence-electron chi connectivity index (χ4n) is 2.68. The molecule has 0 amide bonds. The van der Waals surface area contributed by atoms with Crippen molar-refractivity contribution in [1.29, 1.82) is 0 Å². The molecule has 0 fully saturated rings. The number of halogens is 1.